The van der Waals surface area contributed by atoms with Crippen LogP contribution in [0.2, 0.25) is 0 Å². The summed E-state index contributed by atoms with van der Waals surface area (Å²) >= 11 is 0. The molecule has 0 aliphatic carbocycles. The maximum absolute atomic E-state index is 5.53. The van der Waals surface area contributed by atoms with Gasteiger partial charge in [0.2, 0.25) is 0 Å². The predicted molar refractivity (Wildman–Crippen MR) is 126 cm³/mol. The number of benzene rings is 3. The van der Waals surface area contributed by atoms with Crippen molar-refractivity contribution in [3.8, 4) is 22.9 Å². The van der Waals surface area contributed by atoms with E-state index in [0.29, 0.717) is 5.75 Å². The lowest BCUT2D eigenvalue weighted by Gasteiger charge is -2.34. The van der Waals surface area contributed by atoms with Gasteiger partial charge in [-0.1, -0.05) is 6.07 Å². The van der Waals surface area contributed by atoms with Crippen molar-refractivity contribution in [2.45, 2.75) is 0 Å². The van der Waals surface area contributed by atoms with E-state index in [4.69, 9.17) is 14.5 Å². The first-order chi connectivity index (χ1) is 15.1. The molecule has 160 valence electrons. The first kappa shape index (κ1) is 19.7. The molecule has 1 aliphatic rings. The number of hydrogen-bond acceptors (Lipinski definition) is 5. The highest BCUT2D eigenvalue weighted by Crippen LogP contribution is 2.36. The smallest absolute Gasteiger partial charge is 0.161 e. The zero-order chi connectivity index (χ0) is 21.5. The molecule has 6 heteroatoms. The molecule has 0 bridgehead atoms. The second-order valence-electron chi connectivity index (χ2n) is 8.19. The number of anilines is 1. The Morgan fingerprint density at radius 1 is 0.806 bits per heavy atom. The van der Waals surface area contributed by atoms with Crippen LogP contribution in [0.1, 0.15) is 0 Å². The minimum absolute atomic E-state index is 0.714. The lowest BCUT2D eigenvalue weighted by molar-refractivity contribution is 0.313. The van der Waals surface area contributed by atoms with Gasteiger partial charge in [0.05, 0.1) is 25.3 Å². The number of aromatic nitrogens is 2. The van der Waals surface area contributed by atoms with Gasteiger partial charge in [-0.2, -0.15) is 0 Å². The van der Waals surface area contributed by atoms with E-state index in [0.717, 1.165) is 65.1 Å². The monoisotopic (exact) mass is 416 g/mol. The second kappa shape index (κ2) is 7.78. The molecule has 0 unspecified atom stereocenters. The van der Waals surface area contributed by atoms with Crippen LogP contribution >= 0.6 is 0 Å². The fraction of sp³-hybridized carbons (Fsp3) is 0.320. The van der Waals surface area contributed by atoms with Gasteiger partial charge in [0, 0.05) is 49.9 Å². The molecule has 6 nitrogen and oxygen atoms in total. The van der Waals surface area contributed by atoms with Gasteiger partial charge < -0.3 is 23.8 Å². The summed E-state index contributed by atoms with van der Waals surface area (Å²) < 4.78 is 13.2. The molecular formula is C25H28N4O2. The second-order valence-corrected chi connectivity index (χ2v) is 8.19. The lowest BCUT2D eigenvalue weighted by Crippen LogP contribution is -2.44. The molecule has 1 aliphatic heterocycles. The zero-order valence-corrected chi connectivity index (χ0v) is 18.6. The van der Waals surface area contributed by atoms with Crippen molar-refractivity contribution in [3.63, 3.8) is 0 Å². The van der Waals surface area contributed by atoms with Gasteiger partial charge in [-0.25, -0.2) is 4.98 Å². The minimum Gasteiger partial charge on any atom is -0.493 e. The average Bonchev–Trinajstić information content (AvgIpc) is 3.15. The number of fused-ring (bicyclic) bond motifs is 3. The van der Waals surface area contributed by atoms with E-state index in [1.807, 2.05) is 12.1 Å². The summed E-state index contributed by atoms with van der Waals surface area (Å²) in [5.74, 6) is 2.40. The fourth-order valence-electron chi connectivity index (χ4n) is 4.45. The molecule has 3 aromatic carbocycles. The van der Waals surface area contributed by atoms with Crippen LogP contribution in [0.3, 0.4) is 0 Å². The van der Waals surface area contributed by atoms with Crippen molar-refractivity contribution in [3.05, 3.63) is 48.5 Å². The molecule has 0 N–H and O–H groups in total. The molecular weight excluding hydrogens is 388 g/mol. The highest BCUT2D eigenvalue weighted by atomic mass is 16.5. The van der Waals surface area contributed by atoms with Gasteiger partial charge >= 0.3 is 0 Å². The summed E-state index contributed by atoms with van der Waals surface area (Å²) in [5.41, 5.74) is 4.46. The van der Waals surface area contributed by atoms with E-state index in [9.17, 15) is 0 Å². The Morgan fingerprint density at radius 2 is 1.48 bits per heavy atom. The first-order valence-corrected chi connectivity index (χ1v) is 10.6. The van der Waals surface area contributed by atoms with Crippen molar-refractivity contribution in [1.29, 1.82) is 0 Å². The minimum atomic E-state index is 0.714. The Hall–Kier alpha value is -3.25. The molecule has 4 aromatic rings. The van der Waals surface area contributed by atoms with E-state index in [2.05, 4.69) is 64.9 Å². The molecule has 0 atom stereocenters. The molecule has 0 spiro atoms. The largest absolute Gasteiger partial charge is 0.493 e. The van der Waals surface area contributed by atoms with Gasteiger partial charge in [0.15, 0.2) is 11.5 Å². The zero-order valence-electron chi connectivity index (χ0n) is 18.6. The van der Waals surface area contributed by atoms with Gasteiger partial charge in [0.25, 0.3) is 0 Å². The van der Waals surface area contributed by atoms with Crippen LogP contribution in [0.4, 0.5) is 5.69 Å². The van der Waals surface area contributed by atoms with E-state index in [-0.39, 0.29) is 0 Å². The topological polar surface area (TPSA) is 42.8 Å². The SMILES string of the molecule is COc1cc2ccc3c(nc(-c4ccc(N5CCN(C)CC5)cc4)n3C)c2cc1OC. The number of ether oxygens (including phenoxy) is 2. The number of piperazine rings is 1. The number of rotatable bonds is 4. The summed E-state index contributed by atoms with van der Waals surface area (Å²) in [7, 11) is 7.58. The maximum atomic E-state index is 5.53. The Labute approximate surface area is 182 Å². The molecule has 2 heterocycles. The predicted octanol–water partition coefficient (Wildman–Crippen LogP) is 4.16. The van der Waals surface area contributed by atoms with Crippen LogP contribution in [0.15, 0.2) is 48.5 Å². The van der Waals surface area contributed by atoms with Crippen LogP contribution in [-0.4, -0.2) is 61.9 Å². The Bertz CT molecular complexity index is 1240. The quantitative estimate of drug-likeness (QED) is 0.500. The molecule has 1 saturated heterocycles. The molecule has 1 aromatic heterocycles. The van der Waals surface area contributed by atoms with Gasteiger partial charge in [-0.3, -0.25) is 0 Å². The van der Waals surface area contributed by atoms with Crippen molar-refractivity contribution in [2.24, 2.45) is 7.05 Å². The molecule has 5 rings (SSSR count). The Balaban J connectivity index is 1.55. The average molecular weight is 417 g/mol. The summed E-state index contributed by atoms with van der Waals surface area (Å²) in [5, 5.41) is 2.14. The van der Waals surface area contributed by atoms with Gasteiger partial charge in [0.1, 0.15) is 5.82 Å². The van der Waals surface area contributed by atoms with Crippen LogP contribution < -0.4 is 14.4 Å². The highest BCUT2D eigenvalue weighted by Gasteiger charge is 2.17. The first-order valence-electron chi connectivity index (χ1n) is 10.6. The van der Waals surface area contributed by atoms with Crippen molar-refractivity contribution in [1.82, 2.24) is 14.5 Å². The number of nitrogens with zero attached hydrogens (tertiary/aromatic N) is 4. The number of aryl methyl sites for hydroxylation is 1. The molecule has 0 saturated carbocycles. The number of methoxy groups -OCH3 is 2. The van der Waals surface area contributed by atoms with E-state index < -0.39 is 0 Å². The third-order valence-corrected chi connectivity index (χ3v) is 6.36. The summed E-state index contributed by atoms with van der Waals surface area (Å²) in [6, 6.07) is 17.1. The van der Waals surface area contributed by atoms with Gasteiger partial charge in [-0.15, -0.1) is 0 Å². The molecule has 1 fully saturated rings. The standard InChI is InChI=1S/C25H28N4O2/c1-27-11-13-29(14-12-27)19-8-5-17(6-9-19)25-26-24-20-16-23(31-4)22(30-3)15-18(20)7-10-21(24)28(25)2/h5-10,15-16H,11-14H2,1-4H3. The van der Waals surface area contributed by atoms with Crippen LogP contribution in [-0.2, 0) is 7.05 Å². The third kappa shape index (κ3) is 3.37. The van der Waals surface area contributed by atoms with Crippen LogP contribution in [0.5, 0.6) is 11.5 Å². The van der Waals surface area contributed by atoms with E-state index in [1.165, 1.54) is 5.69 Å². The van der Waals surface area contributed by atoms with Crippen molar-refractivity contribution in [2.75, 3.05) is 52.3 Å². The third-order valence-electron chi connectivity index (χ3n) is 6.36. The number of imidazole rings is 1. The lowest BCUT2D eigenvalue weighted by atomic mass is 10.1. The van der Waals surface area contributed by atoms with Gasteiger partial charge in [-0.05, 0) is 54.9 Å². The van der Waals surface area contributed by atoms with E-state index in [1.54, 1.807) is 14.2 Å². The summed E-state index contributed by atoms with van der Waals surface area (Å²) in [6.45, 7) is 4.35. The number of hydrogen-bond donors (Lipinski definition) is 0. The Morgan fingerprint density at radius 3 is 2.16 bits per heavy atom. The number of likely N-dealkylation sites (N-methyl/N-ethyl adjacent to an activating group) is 1. The van der Waals surface area contributed by atoms with Crippen molar-refractivity contribution >= 4 is 27.5 Å². The fourth-order valence-corrected chi connectivity index (χ4v) is 4.45. The highest BCUT2D eigenvalue weighted by molar-refractivity contribution is 6.06. The molecule has 0 radical (unpaired) electrons. The summed E-state index contributed by atoms with van der Waals surface area (Å²) in [6.07, 6.45) is 0. The van der Waals surface area contributed by atoms with Crippen molar-refractivity contribution < 1.29 is 9.47 Å². The van der Waals surface area contributed by atoms with Crippen LogP contribution in [0, 0.1) is 0 Å². The van der Waals surface area contributed by atoms with E-state index >= 15 is 0 Å². The molecule has 0 amide bonds. The van der Waals surface area contributed by atoms with Crippen LogP contribution in [0.25, 0.3) is 33.2 Å². The Kier molecular flexibility index (Phi) is 4.94. The molecule has 31 heavy (non-hydrogen) atoms. The maximum Gasteiger partial charge on any atom is 0.161 e. The normalized spacial score (nSPS) is 15.0. The summed E-state index contributed by atoms with van der Waals surface area (Å²) in [4.78, 5) is 9.86.